The summed E-state index contributed by atoms with van der Waals surface area (Å²) in [5.74, 6) is 2.69. The van der Waals surface area contributed by atoms with E-state index in [9.17, 15) is 0 Å². The van der Waals surface area contributed by atoms with Crippen LogP contribution in [0, 0.1) is 5.92 Å². The van der Waals surface area contributed by atoms with E-state index in [0.717, 1.165) is 54.8 Å². The Labute approximate surface area is 152 Å². The molecule has 0 atom stereocenters. The maximum absolute atomic E-state index is 5.43. The predicted octanol–water partition coefficient (Wildman–Crippen LogP) is 2.59. The van der Waals surface area contributed by atoms with Gasteiger partial charge in [0.25, 0.3) is 0 Å². The van der Waals surface area contributed by atoms with Crippen molar-refractivity contribution in [2.75, 3.05) is 33.2 Å². The Kier molecular flexibility index (Phi) is 8.25. The molecule has 25 heavy (non-hydrogen) atoms. The molecule has 0 bridgehead atoms. The minimum Gasteiger partial charge on any atom is -0.361 e. The Balaban J connectivity index is 1.87. The molecule has 0 radical (unpaired) electrons. The Morgan fingerprint density at radius 3 is 2.60 bits per heavy atom. The summed E-state index contributed by atoms with van der Waals surface area (Å²) < 4.78 is 5.43. The van der Waals surface area contributed by atoms with E-state index in [-0.39, 0.29) is 0 Å². The number of aromatic nitrogens is 1. The van der Waals surface area contributed by atoms with Gasteiger partial charge >= 0.3 is 0 Å². The third-order valence-electron chi connectivity index (χ3n) is 5.03. The highest BCUT2D eigenvalue weighted by molar-refractivity contribution is 5.79. The van der Waals surface area contributed by atoms with Crippen LogP contribution in [0.1, 0.15) is 57.1 Å². The molecule has 6 heteroatoms. The number of aliphatic imine (C=N–C) groups is 1. The number of aryl methyl sites for hydroxylation is 2. The highest BCUT2D eigenvalue weighted by atomic mass is 16.5. The molecular formula is C19H35N5O. The Morgan fingerprint density at radius 2 is 1.96 bits per heavy atom. The van der Waals surface area contributed by atoms with Crippen LogP contribution in [0.5, 0.6) is 0 Å². The standard InChI is InChI=1S/C19H35N5O/c1-5-17-16(18(6-2)25-23-17)14-22-19(20-7-3)21-11-8-15-9-12-24(4)13-10-15/h15H,5-14H2,1-4H3,(H2,20,21,22). The van der Waals surface area contributed by atoms with E-state index in [1.54, 1.807) is 0 Å². The van der Waals surface area contributed by atoms with Crippen molar-refractivity contribution < 1.29 is 4.52 Å². The van der Waals surface area contributed by atoms with Gasteiger partial charge < -0.3 is 20.1 Å². The van der Waals surface area contributed by atoms with E-state index in [1.807, 2.05) is 0 Å². The maximum atomic E-state index is 5.43. The second-order valence-electron chi connectivity index (χ2n) is 6.90. The first kappa shape index (κ1) is 19.8. The molecular weight excluding hydrogens is 314 g/mol. The molecule has 2 rings (SSSR count). The maximum Gasteiger partial charge on any atom is 0.191 e. The van der Waals surface area contributed by atoms with Gasteiger partial charge in [0.15, 0.2) is 5.96 Å². The third kappa shape index (κ3) is 6.03. The molecule has 6 nitrogen and oxygen atoms in total. The van der Waals surface area contributed by atoms with E-state index < -0.39 is 0 Å². The molecule has 2 heterocycles. The molecule has 1 aliphatic rings. The number of nitrogens with one attached hydrogen (secondary N) is 2. The van der Waals surface area contributed by atoms with E-state index in [2.05, 4.69) is 48.5 Å². The van der Waals surface area contributed by atoms with Crippen LogP contribution >= 0.6 is 0 Å². The van der Waals surface area contributed by atoms with Crippen molar-refractivity contribution in [1.29, 1.82) is 0 Å². The van der Waals surface area contributed by atoms with Gasteiger partial charge in [0.05, 0.1) is 12.2 Å². The average molecular weight is 350 g/mol. The third-order valence-corrected chi connectivity index (χ3v) is 5.03. The van der Waals surface area contributed by atoms with Crippen molar-refractivity contribution in [2.24, 2.45) is 10.9 Å². The highest BCUT2D eigenvalue weighted by Crippen LogP contribution is 2.19. The van der Waals surface area contributed by atoms with Gasteiger partial charge in [-0.05, 0) is 58.7 Å². The molecule has 0 aliphatic carbocycles. The summed E-state index contributed by atoms with van der Waals surface area (Å²) in [4.78, 5) is 7.18. The van der Waals surface area contributed by atoms with Crippen LogP contribution in [0.25, 0.3) is 0 Å². The molecule has 1 aromatic rings. The van der Waals surface area contributed by atoms with Crippen molar-refractivity contribution in [3.05, 3.63) is 17.0 Å². The molecule has 0 aromatic carbocycles. The monoisotopic (exact) mass is 349 g/mol. The van der Waals surface area contributed by atoms with Crippen LogP contribution in [0.4, 0.5) is 0 Å². The zero-order valence-corrected chi connectivity index (χ0v) is 16.4. The zero-order chi connectivity index (χ0) is 18.1. The van der Waals surface area contributed by atoms with Gasteiger partial charge in [0.1, 0.15) is 5.76 Å². The lowest BCUT2D eigenvalue weighted by Crippen LogP contribution is -2.39. The van der Waals surface area contributed by atoms with Crippen LogP contribution in [0.3, 0.4) is 0 Å². The van der Waals surface area contributed by atoms with Gasteiger partial charge in [-0.1, -0.05) is 19.0 Å². The first-order valence-corrected chi connectivity index (χ1v) is 9.84. The lowest BCUT2D eigenvalue weighted by molar-refractivity contribution is 0.213. The van der Waals surface area contributed by atoms with E-state index in [4.69, 9.17) is 9.52 Å². The number of piperidine rings is 1. The van der Waals surface area contributed by atoms with Gasteiger partial charge in [0, 0.05) is 25.1 Å². The minimum atomic E-state index is 0.624. The van der Waals surface area contributed by atoms with Crippen molar-refractivity contribution in [1.82, 2.24) is 20.7 Å². The molecule has 1 aromatic heterocycles. The van der Waals surface area contributed by atoms with Crippen LogP contribution in [0.2, 0.25) is 0 Å². The summed E-state index contributed by atoms with van der Waals surface area (Å²) in [5.41, 5.74) is 2.18. The molecule has 0 amide bonds. The molecule has 0 saturated carbocycles. The second-order valence-corrected chi connectivity index (χ2v) is 6.90. The van der Waals surface area contributed by atoms with Crippen LogP contribution in [-0.4, -0.2) is 49.2 Å². The van der Waals surface area contributed by atoms with Crippen LogP contribution < -0.4 is 10.6 Å². The van der Waals surface area contributed by atoms with Crippen LogP contribution in [-0.2, 0) is 19.4 Å². The van der Waals surface area contributed by atoms with Crippen molar-refractivity contribution in [3.8, 4) is 0 Å². The van der Waals surface area contributed by atoms with E-state index in [0.29, 0.717) is 6.54 Å². The Morgan fingerprint density at radius 1 is 1.20 bits per heavy atom. The number of hydrogen-bond acceptors (Lipinski definition) is 4. The largest absolute Gasteiger partial charge is 0.361 e. The number of nitrogens with zero attached hydrogens (tertiary/aromatic N) is 3. The van der Waals surface area contributed by atoms with Crippen molar-refractivity contribution >= 4 is 5.96 Å². The fourth-order valence-electron chi connectivity index (χ4n) is 3.36. The summed E-state index contributed by atoms with van der Waals surface area (Å²) in [6.45, 7) is 11.2. The van der Waals surface area contributed by atoms with Gasteiger partial charge in [-0.15, -0.1) is 0 Å². The number of guanidine groups is 1. The number of rotatable bonds is 8. The molecule has 0 spiro atoms. The molecule has 1 saturated heterocycles. The average Bonchev–Trinajstić information content (AvgIpc) is 3.03. The van der Waals surface area contributed by atoms with Gasteiger partial charge in [-0.2, -0.15) is 0 Å². The van der Waals surface area contributed by atoms with Gasteiger partial charge in [-0.3, -0.25) is 0 Å². The molecule has 142 valence electrons. The second kappa shape index (κ2) is 10.4. The quantitative estimate of drug-likeness (QED) is 0.558. The topological polar surface area (TPSA) is 65.7 Å². The molecule has 1 aliphatic heterocycles. The van der Waals surface area contributed by atoms with Gasteiger partial charge in [0.2, 0.25) is 0 Å². The first-order valence-electron chi connectivity index (χ1n) is 9.84. The highest BCUT2D eigenvalue weighted by Gasteiger charge is 2.16. The molecule has 2 N–H and O–H groups in total. The Hall–Kier alpha value is -1.56. The lowest BCUT2D eigenvalue weighted by Gasteiger charge is -2.29. The number of hydrogen-bond donors (Lipinski definition) is 2. The van der Waals surface area contributed by atoms with E-state index in [1.165, 1.54) is 32.4 Å². The summed E-state index contributed by atoms with van der Waals surface area (Å²) in [7, 11) is 2.21. The summed E-state index contributed by atoms with van der Waals surface area (Å²) in [6, 6.07) is 0. The summed E-state index contributed by atoms with van der Waals surface area (Å²) >= 11 is 0. The number of likely N-dealkylation sites (tertiary alicyclic amines) is 1. The van der Waals surface area contributed by atoms with Crippen molar-refractivity contribution in [2.45, 2.75) is 59.4 Å². The first-order chi connectivity index (χ1) is 12.2. The van der Waals surface area contributed by atoms with E-state index >= 15 is 0 Å². The smallest absolute Gasteiger partial charge is 0.191 e. The minimum absolute atomic E-state index is 0.624. The summed E-state index contributed by atoms with van der Waals surface area (Å²) in [5, 5.41) is 11.0. The normalized spacial score (nSPS) is 17.0. The SMILES string of the molecule is CCNC(=NCc1c(CC)noc1CC)NCCC1CCN(C)CC1. The van der Waals surface area contributed by atoms with Crippen LogP contribution in [0.15, 0.2) is 9.52 Å². The predicted molar refractivity (Wildman–Crippen MR) is 103 cm³/mol. The fraction of sp³-hybridized carbons (Fsp3) is 0.789. The van der Waals surface area contributed by atoms with Crippen molar-refractivity contribution in [3.63, 3.8) is 0 Å². The molecule has 1 fully saturated rings. The lowest BCUT2D eigenvalue weighted by atomic mass is 9.94. The Bertz CT molecular complexity index is 510. The van der Waals surface area contributed by atoms with Gasteiger partial charge in [-0.25, -0.2) is 4.99 Å². The molecule has 0 unspecified atom stereocenters. The summed E-state index contributed by atoms with van der Waals surface area (Å²) in [6.07, 6.45) is 5.58. The fourth-order valence-corrected chi connectivity index (χ4v) is 3.36. The zero-order valence-electron chi connectivity index (χ0n) is 16.4.